The fourth-order valence-corrected chi connectivity index (χ4v) is 9.44. The Morgan fingerprint density at radius 3 is 1.86 bits per heavy atom. The third-order valence-electron chi connectivity index (χ3n) is 12.6. The topological polar surface area (TPSA) is 287 Å². The van der Waals surface area contributed by atoms with Crippen LogP contribution in [0.3, 0.4) is 0 Å². The summed E-state index contributed by atoms with van der Waals surface area (Å²) in [6.45, 7) is 2.74. The van der Waals surface area contributed by atoms with Gasteiger partial charge in [0.15, 0.2) is 6.10 Å². The van der Waals surface area contributed by atoms with Crippen molar-refractivity contribution in [1.29, 1.82) is 0 Å². The van der Waals surface area contributed by atoms with E-state index in [-0.39, 0.29) is 32.1 Å². The van der Waals surface area contributed by atoms with E-state index in [9.17, 15) is 64.7 Å². The first-order valence-corrected chi connectivity index (χ1v) is 26.2. The van der Waals surface area contributed by atoms with Crippen molar-refractivity contribution >= 4 is 25.5 Å². The van der Waals surface area contributed by atoms with Crippen LogP contribution in [0, 0.1) is 11.8 Å². The van der Waals surface area contributed by atoms with Gasteiger partial charge in [0, 0.05) is 43.9 Å². The highest BCUT2D eigenvalue weighted by Gasteiger charge is 2.49. The summed E-state index contributed by atoms with van der Waals surface area (Å²) in [6, 6.07) is 0. The zero-order valence-corrected chi connectivity index (χ0v) is 40.0. The van der Waals surface area contributed by atoms with Gasteiger partial charge in [0.25, 0.3) is 0 Å². The molecule has 2 rings (SSSR count). The van der Waals surface area contributed by atoms with Gasteiger partial charge in [0.2, 0.25) is 0 Å². The van der Waals surface area contributed by atoms with Crippen molar-refractivity contribution in [2.45, 2.75) is 242 Å². The third kappa shape index (κ3) is 24.3. The summed E-state index contributed by atoms with van der Waals surface area (Å²) in [4.78, 5) is 49.6. The summed E-state index contributed by atoms with van der Waals surface area (Å²) < 4.78 is 34.6. The molecule has 0 radical (unpaired) electrons. The number of ketones is 1. The Hall–Kier alpha value is -1.86. The van der Waals surface area contributed by atoms with Gasteiger partial charge in [0.1, 0.15) is 36.8 Å². The Morgan fingerprint density at radius 2 is 1.26 bits per heavy atom. The highest BCUT2D eigenvalue weighted by atomic mass is 31.2. The molecule has 0 aromatic heterocycles. The average Bonchev–Trinajstić information content (AvgIpc) is 3.27. The summed E-state index contributed by atoms with van der Waals surface area (Å²) in [5, 5.41) is 89.9. The number of ether oxygens (including phenoxy) is 2. The lowest BCUT2D eigenvalue weighted by molar-refractivity contribution is -0.168. The molecule has 13 atom stereocenters. The molecule has 0 aromatic rings. The Bertz CT molecular complexity index is 1380. The minimum Gasteiger partial charge on any atom is -0.462 e. The smallest absolute Gasteiger partial charge is 0.462 e. The van der Waals surface area contributed by atoms with Crippen molar-refractivity contribution in [1.82, 2.24) is 0 Å². The Balaban J connectivity index is 2.16. The van der Waals surface area contributed by atoms with Crippen molar-refractivity contribution < 1.29 is 83.2 Å². The highest BCUT2D eigenvalue weighted by Crippen LogP contribution is 2.47. The SMILES string of the molecule is CCCCCCCCCCCCCCCCCC(=O)OC[C@@H]1COP(=O)(O)O[C@H]2[C@H](O)[C@@H](O)[C@H](O)[C@@H](CC(=O)CCCCC(=O)O1)[C@@H](O)C[C@@H](O)[C@H](/C=C/[C@@H](O)CCCCC)[C@@H](O)[C@H]2O. The van der Waals surface area contributed by atoms with Crippen LogP contribution in [0.1, 0.15) is 181 Å². The maximum Gasteiger partial charge on any atom is 0.472 e. The van der Waals surface area contributed by atoms with Crippen molar-refractivity contribution in [3.05, 3.63) is 12.2 Å². The number of phosphoric acid groups is 1. The first-order valence-electron chi connectivity index (χ1n) is 24.7. The van der Waals surface area contributed by atoms with Crippen molar-refractivity contribution in [2.24, 2.45) is 11.8 Å². The number of carbonyl (C=O) groups is 3. The molecule has 65 heavy (non-hydrogen) atoms. The van der Waals surface area contributed by atoms with Crippen molar-refractivity contribution in [2.75, 3.05) is 13.2 Å². The second-order valence-corrected chi connectivity index (χ2v) is 19.7. The van der Waals surface area contributed by atoms with Crippen LogP contribution in [0.2, 0.25) is 0 Å². The number of aliphatic hydroxyl groups excluding tert-OH is 8. The van der Waals surface area contributed by atoms with Crippen LogP contribution >= 0.6 is 7.82 Å². The van der Waals surface area contributed by atoms with Gasteiger partial charge in [-0.3, -0.25) is 23.4 Å². The van der Waals surface area contributed by atoms with Crippen LogP contribution in [0.5, 0.6) is 0 Å². The number of hydrogen-bond acceptors (Lipinski definition) is 16. The minimum atomic E-state index is -5.48. The molecule has 1 saturated heterocycles. The number of unbranched alkanes of at least 4 members (excludes halogenated alkanes) is 16. The van der Waals surface area contributed by atoms with Gasteiger partial charge in [-0.25, -0.2) is 4.57 Å². The number of aliphatic hydroxyl groups is 8. The fourth-order valence-electron chi connectivity index (χ4n) is 8.47. The predicted octanol–water partition coefficient (Wildman–Crippen LogP) is 5.40. The summed E-state index contributed by atoms with van der Waals surface area (Å²) in [5.74, 6) is -4.98. The van der Waals surface area contributed by atoms with E-state index in [0.29, 0.717) is 19.3 Å². The van der Waals surface area contributed by atoms with Crippen LogP contribution in [-0.4, -0.2) is 138 Å². The lowest BCUT2D eigenvalue weighted by Crippen LogP contribution is -2.56. The molecule has 2 fully saturated rings. The molecule has 1 aliphatic carbocycles. The minimum absolute atomic E-state index is 0.0873. The van der Waals surface area contributed by atoms with E-state index in [1.807, 2.05) is 6.92 Å². The largest absolute Gasteiger partial charge is 0.472 e. The number of phosphoric ester groups is 1. The zero-order chi connectivity index (χ0) is 48.2. The number of fused-ring (bicyclic) bond motifs is 4. The quantitative estimate of drug-likeness (QED) is 0.0253. The van der Waals surface area contributed by atoms with Gasteiger partial charge in [-0.1, -0.05) is 135 Å². The number of Topliss-reactive ketones (excluding diaryl/α,β-unsaturated/α-hetero) is 1. The number of carbonyl (C=O) groups excluding carboxylic acids is 3. The first kappa shape index (κ1) is 59.3. The molecule has 1 aliphatic heterocycles. The maximum atomic E-state index is 13.5. The van der Waals surface area contributed by atoms with Gasteiger partial charge in [0.05, 0.1) is 37.1 Å². The Kier molecular flexibility index (Phi) is 30.6. The zero-order valence-electron chi connectivity index (χ0n) is 39.1. The molecular formula is C47H85O17P. The van der Waals surface area contributed by atoms with Gasteiger partial charge < -0.3 is 55.2 Å². The Labute approximate surface area is 386 Å². The Morgan fingerprint density at radius 1 is 0.723 bits per heavy atom. The van der Waals surface area contributed by atoms with Crippen LogP contribution in [0.4, 0.5) is 0 Å². The van der Waals surface area contributed by atoms with Gasteiger partial charge in [-0.2, -0.15) is 0 Å². The van der Waals surface area contributed by atoms with E-state index in [4.69, 9.17) is 18.5 Å². The lowest BCUT2D eigenvalue weighted by Gasteiger charge is -2.37. The fraction of sp³-hybridized carbons (Fsp3) is 0.894. The number of cyclic esters (lactones) is 1. The van der Waals surface area contributed by atoms with Crippen molar-refractivity contribution in [3.63, 3.8) is 0 Å². The van der Waals surface area contributed by atoms with Crippen LogP contribution < -0.4 is 0 Å². The third-order valence-corrected chi connectivity index (χ3v) is 13.6. The molecule has 1 heterocycles. The van der Waals surface area contributed by atoms with Crippen LogP contribution in [-0.2, 0) is 37.5 Å². The van der Waals surface area contributed by atoms with E-state index < -0.39 is 124 Å². The van der Waals surface area contributed by atoms with E-state index in [2.05, 4.69) is 6.92 Å². The number of hydrogen-bond donors (Lipinski definition) is 9. The van der Waals surface area contributed by atoms with Crippen LogP contribution in [0.25, 0.3) is 0 Å². The number of rotatable bonds is 24. The standard InChI is InChI=1S/C47H85O17P/c1-3-5-7-8-9-10-11-12-13-14-15-16-17-18-20-25-40(52)61-31-35-32-62-65(59,60)64-47-45(57)42(54)36(28-27-33(48)23-19-6-4-2)38(50)30-39(51)37(43(55)44(56)46(47)58)29-34(49)24-21-22-26-41(53)63-35/h27-28,33,35-39,42-48,50-51,54-58H,3-26,29-32H2,1-2H3,(H,59,60)/b28-27+/t33-,35+,36-,37-,38+,39-,42+,43+,44-,45+,46+,47+/m0/s1. The van der Waals surface area contributed by atoms with E-state index in [1.165, 1.54) is 76.4 Å². The molecule has 1 saturated carbocycles. The van der Waals surface area contributed by atoms with Gasteiger partial charge in [-0.15, -0.1) is 0 Å². The molecule has 18 heteroatoms. The average molecular weight is 953 g/mol. The molecule has 0 spiro atoms. The molecule has 9 N–H and O–H groups in total. The van der Waals surface area contributed by atoms with Gasteiger partial charge in [-0.05, 0) is 25.7 Å². The number of esters is 2. The molecule has 2 bridgehead atoms. The second kappa shape index (κ2) is 33.6. The van der Waals surface area contributed by atoms with Crippen LogP contribution in [0.15, 0.2) is 12.2 Å². The van der Waals surface area contributed by atoms with E-state index in [1.54, 1.807) is 0 Å². The maximum absolute atomic E-state index is 13.5. The summed E-state index contributed by atoms with van der Waals surface area (Å²) in [7, 11) is -5.48. The van der Waals surface area contributed by atoms with E-state index in [0.717, 1.165) is 38.5 Å². The van der Waals surface area contributed by atoms with E-state index >= 15 is 0 Å². The molecule has 0 aromatic carbocycles. The molecule has 380 valence electrons. The molecule has 1 unspecified atom stereocenters. The summed E-state index contributed by atoms with van der Waals surface area (Å²) >= 11 is 0. The predicted molar refractivity (Wildman–Crippen MR) is 242 cm³/mol. The monoisotopic (exact) mass is 953 g/mol. The lowest BCUT2D eigenvalue weighted by atomic mass is 9.82. The molecular weight excluding hydrogens is 867 g/mol. The molecule has 17 nitrogen and oxygen atoms in total. The highest BCUT2D eigenvalue weighted by molar-refractivity contribution is 7.47. The van der Waals surface area contributed by atoms with Gasteiger partial charge >= 0.3 is 19.8 Å². The molecule has 0 amide bonds. The summed E-state index contributed by atoms with van der Waals surface area (Å²) in [6.07, 6.45) is 1.45. The molecule has 2 aliphatic rings. The first-order chi connectivity index (χ1) is 31.0. The normalized spacial score (nSPS) is 32.1. The van der Waals surface area contributed by atoms with Crippen molar-refractivity contribution in [3.8, 4) is 0 Å². The second-order valence-electron chi connectivity index (χ2n) is 18.3. The summed E-state index contributed by atoms with van der Waals surface area (Å²) in [5.41, 5.74) is 0.